The van der Waals surface area contributed by atoms with Crippen LogP contribution in [-0.4, -0.2) is 17.5 Å². The van der Waals surface area contributed by atoms with Gasteiger partial charge in [0.05, 0.1) is 10.2 Å². The maximum Gasteiger partial charge on any atom is 0.387 e. The van der Waals surface area contributed by atoms with Crippen LogP contribution in [0.2, 0.25) is 0 Å². The number of carbonyl (C=O) groups excluding carboxylic acids is 1. The molecule has 0 saturated carbocycles. The van der Waals surface area contributed by atoms with Crippen molar-refractivity contribution in [2.45, 2.75) is 6.61 Å². The summed E-state index contributed by atoms with van der Waals surface area (Å²) in [5.41, 5.74) is 1.03. The number of amides is 1. The molecule has 4 aromatic rings. The first-order chi connectivity index (χ1) is 14.1. The fourth-order valence-corrected chi connectivity index (χ4v) is 3.49. The quantitative estimate of drug-likeness (QED) is 0.426. The number of nitrogens with one attached hydrogen (secondary N) is 1. The van der Waals surface area contributed by atoms with Crippen molar-refractivity contribution in [1.29, 1.82) is 0 Å². The minimum absolute atomic E-state index is 0.0116. The van der Waals surface area contributed by atoms with Gasteiger partial charge in [0.15, 0.2) is 5.13 Å². The summed E-state index contributed by atoms with van der Waals surface area (Å²) in [4.78, 5) is 16.8. The van der Waals surface area contributed by atoms with E-state index in [-0.39, 0.29) is 5.75 Å². The van der Waals surface area contributed by atoms with Gasteiger partial charge in [-0.2, -0.15) is 8.78 Å². The lowest BCUT2D eigenvalue weighted by Crippen LogP contribution is -2.11. The molecule has 0 bridgehead atoms. The topological polar surface area (TPSA) is 60.5 Å². The lowest BCUT2D eigenvalue weighted by atomic mass is 10.2. The number of hydrogen-bond donors (Lipinski definition) is 1. The fourth-order valence-electron chi connectivity index (χ4n) is 2.60. The van der Waals surface area contributed by atoms with Gasteiger partial charge >= 0.3 is 6.61 Å². The molecule has 1 heterocycles. The Morgan fingerprint density at radius 3 is 2.38 bits per heavy atom. The fraction of sp³-hybridized carbons (Fsp3) is 0.0476. The van der Waals surface area contributed by atoms with Gasteiger partial charge in [-0.25, -0.2) is 4.98 Å². The van der Waals surface area contributed by atoms with Gasteiger partial charge in [-0.1, -0.05) is 29.5 Å². The van der Waals surface area contributed by atoms with Crippen LogP contribution in [0.5, 0.6) is 17.2 Å². The third kappa shape index (κ3) is 4.67. The number of para-hydroxylation sites is 1. The highest BCUT2D eigenvalue weighted by atomic mass is 32.1. The van der Waals surface area contributed by atoms with Crippen molar-refractivity contribution >= 4 is 32.6 Å². The summed E-state index contributed by atoms with van der Waals surface area (Å²) in [5, 5.41) is 3.14. The number of ether oxygens (including phenoxy) is 2. The van der Waals surface area contributed by atoms with Crippen molar-refractivity contribution in [1.82, 2.24) is 4.98 Å². The average molecular weight is 412 g/mol. The minimum atomic E-state index is -2.91. The van der Waals surface area contributed by atoms with Crippen LogP contribution in [0.15, 0.2) is 72.8 Å². The van der Waals surface area contributed by atoms with Crippen LogP contribution < -0.4 is 14.8 Å². The number of rotatable bonds is 6. The van der Waals surface area contributed by atoms with E-state index in [9.17, 15) is 13.6 Å². The summed E-state index contributed by atoms with van der Waals surface area (Å²) in [6.07, 6.45) is 0. The molecule has 29 heavy (non-hydrogen) atoms. The largest absolute Gasteiger partial charge is 0.457 e. The third-order valence-electron chi connectivity index (χ3n) is 3.90. The number of fused-ring (bicyclic) bond motifs is 1. The summed E-state index contributed by atoms with van der Waals surface area (Å²) in [5.74, 6) is 0.986. The van der Waals surface area contributed by atoms with Crippen molar-refractivity contribution in [3.63, 3.8) is 0 Å². The van der Waals surface area contributed by atoms with E-state index in [1.165, 1.54) is 35.6 Å². The van der Waals surface area contributed by atoms with Crippen LogP contribution >= 0.6 is 11.3 Å². The van der Waals surface area contributed by atoms with Crippen molar-refractivity contribution in [3.8, 4) is 17.2 Å². The Labute approximate surface area is 168 Å². The highest BCUT2D eigenvalue weighted by Gasteiger charge is 2.12. The normalized spacial score (nSPS) is 10.9. The molecule has 1 amide bonds. The average Bonchev–Trinajstić information content (AvgIpc) is 3.10. The first kappa shape index (κ1) is 18.8. The lowest BCUT2D eigenvalue weighted by molar-refractivity contribution is -0.0498. The smallest absolute Gasteiger partial charge is 0.387 e. The van der Waals surface area contributed by atoms with Crippen LogP contribution in [0.25, 0.3) is 10.2 Å². The van der Waals surface area contributed by atoms with Gasteiger partial charge < -0.3 is 9.47 Å². The Bertz CT molecular complexity index is 1130. The minimum Gasteiger partial charge on any atom is -0.457 e. The van der Waals surface area contributed by atoms with Crippen LogP contribution in [0.3, 0.4) is 0 Å². The predicted molar refractivity (Wildman–Crippen MR) is 107 cm³/mol. The number of aromatic nitrogens is 1. The molecule has 5 nitrogen and oxygen atoms in total. The second-order valence-corrected chi connectivity index (χ2v) is 6.95. The summed E-state index contributed by atoms with van der Waals surface area (Å²) in [7, 11) is 0. The van der Waals surface area contributed by atoms with Gasteiger partial charge in [-0.3, -0.25) is 10.1 Å². The molecule has 0 unspecified atom stereocenters. The number of alkyl halides is 2. The molecular formula is C21H14F2N2O3S. The predicted octanol–water partition coefficient (Wildman–Crippen LogP) is 5.94. The van der Waals surface area contributed by atoms with Crippen molar-refractivity contribution in [2.75, 3.05) is 5.32 Å². The first-order valence-corrected chi connectivity index (χ1v) is 9.38. The molecule has 4 rings (SSSR count). The third-order valence-corrected chi connectivity index (χ3v) is 4.83. The molecule has 0 spiro atoms. The van der Waals surface area contributed by atoms with Crippen LogP contribution in [0.4, 0.5) is 13.9 Å². The molecule has 0 aliphatic heterocycles. The van der Waals surface area contributed by atoms with Gasteiger partial charge in [0.25, 0.3) is 5.91 Å². The molecular weight excluding hydrogens is 398 g/mol. The standard InChI is InChI=1S/C21H14F2N2O3S/c22-20(23)28-15-8-6-13(7-9-15)19(26)25-21-24-17-11-10-16(12-18(17)29-21)27-14-4-2-1-3-5-14/h1-12,20H,(H,24,25,26). The van der Waals surface area contributed by atoms with Crippen LogP contribution in [0, 0.1) is 0 Å². The Morgan fingerprint density at radius 2 is 1.66 bits per heavy atom. The van der Waals surface area contributed by atoms with Crippen LogP contribution in [0.1, 0.15) is 10.4 Å². The zero-order valence-electron chi connectivity index (χ0n) is 14.8. The number of halogens is 2. The molecule has 3 aromatic carbocycles. The first-order valence-electron chi connectivity index (χ1n) is 8.56. The van der Waals surface area contributed by atoms with E-state index >= 15 is 0 Å². The van der Waals surface area contributed by atoms with Crippen molar-refractivity contribution < 1.29 is 23.0 Å². The van der Waals surface area contributed by atoms with Crippen LogP contribution in [-0.2, 0) is 0 Å². The molecule has 0 aliphatic rings. The lowest BCUT2D eigenvalue weighted by Gasteiger charge is -2.05. The molecule has 0 aliphatic carbocycles. The SMILES string of the molecule is O=C(Nc1nc2ccc(Oc3ccccc3)cc2s1)c1ccc(OC(F)F)cc1. The maximum absolute atomic E-state index is 12.4. The monoisotopic (exact) mass is 412 g/mol. The summed E-state index contributed by atoms with van der Waals surface area (Å²) < 4.78 is 35.3. The number of nitrogens with zero attached hydrogens (tertiary/aromatic N) is 1. The van der Waals surface area contributed by atoms with E-state index in [0.29, 0.717) is 16.4 Å². The van der Waals surface area contributed by atoms with Gasteiger partial charge in [-0.05, 0) is 48.5 Å². The number of benzene rings is 3. The summed E-state index contributed by atoms with van der Waals surface area (Å²) >= 11 is 1.31. The highest BCUT2D eigenvalue weighted by molar-refractivity contribution is 7.22. The number of thiazole rings is 1. The maximum atomic E-state index is 12.4. The summed E-state index contributed by atoms with van der Waals surface area (Å²) in [6, 6.07) is 20.3. The van der Waals surface area contributed by atoms with Gasteiger partial charge in [0.2, 0.25) is 0 Å². The van der Waals surface area contributed by atoms with E-state index in [1.54, 1.807) is 0 Å². The molecule has 0 fully saturated rings. The van der Waals surface area contributed by atoms with Crippen molar-refractivity contribution in [2.24, 2.45) is 0 Å². The Morgan fingerprint density at radius 1 is 0.931 bits per heavy atom. The van der Waals surface area contributed by atoms with E-state index in [2.05, 4.69) is 15.0 Å². The van der Waals surface area contributed by atoms with Gasteiger partial charge in [0, 0.05) is 11.6 Å². The zero-order chi connectivity index (χ0) is 20.2. The second-order valence-electron chi connectivity index (χ2n) is 5.92. The molecule has 1 aromatic heterocycles. The molecule has 146 valence electrons. The van der Waals surface area contributed by atoms with Gasteiger partial charge in [-0.15, -0.1) is 0 Å². The second kappa shape index (κ2) is 8.24. The highest BCUT2D eigenvalue weighted by Crippen LogP contribution is 2.31. The Balaban J connectivity index is 1.47. The van der Waals surface area contributed by atoms with E-state index < -0.39 is 12.5 Å². The molecule has 0 saturated heterocycles. The van der Waals surface area contributed by atoms with E-state index in [4.69, 9.17) is 4.74 Å². The summed E-state index contributed by atoms with van der Waals surface area (Å²) in [6.45, 7) is -2.91. The number of hydrogen-bond acceptors (Lipinski definition) is 5. The molecule has 0 atom stereocenters. The molecule has 0 radical (unpaired) electrons. The number of anilines is 1. The molecule has 8 heteroatoms. The van der Waals surface area contributed by atoms with Crippen molar-refractivity contribution in [3.05, 3.63) is 78.4 Å². The van der Waals surface area contributed by atoms with E-state index in [1.807, 2.05) is 48.5 Å². The Kier molecular flexibility index (Phi) is 5.35. The Hall–Kier alpha value is -3.52. The molecule has 1 N–H and O–H groups in total. The zero-order valence-corrected chi connectivity index (χ0v) is 15.7. The van der Waals surface area contributed by atoms with Gasteiger partial charge in [0.1, 0.15) is 17.2 Å². The van der Waals surface area contributed by atoms with E-state index in [0.717, 1.165) is 16.0 Å². The number of carbonyl (C=O) groups is 1.